The fraction of sp³-hybridized carbons (Fsp3) is 0.273. The largest absolute Gasteiger partial charge is 0.422 e. The molecule has 0 atom stereocenters. The molecule has 0 radical (unpaired) electrons. The lowest BCUT2D eigenvalue weighted by molar-refractivity contribution is -0.111. The first-order valence-electron chi connectivity index (χ1n) is 8.88. The van der Waals surface area contributed by atoms with Gasteiger partial charge in [-0.15, -0.1) is 0 Å². The first-order chi connectivity index (χ1) is 12.5. The number of carbonyl (C=O) groups is 1. The van der Waals surface area contributed by atoms with Crippen LogP contribution in [0.2, 0.25) is 0 Å². The number of ketones is 1. The van der Waals surface area contributed by atoms with Gasteiger partial charge in [0, 0.05) is 35.8 Å². The molecule has 1 aromatic carbocycles. The summed E-state index contributed by atoms with van der Waals surface area (Å²) >= 11 is 0. The number of benzene rings is 1. The Balaban J connectivity index is 2.37. The zero-order valence-corrected chi connectivity index (χ0v) is 15.8. The topological polar surface area (TPSA) is 50.5 Å². The van der Waals surface area contributed by atoms with Gasteiger partial charge in [-0.1, -0.05) is 18.2 Å². The fourth-order valence-electron chi connectivity index (χ4n) is 2.78. The summed E-state index contributed by atoms with van der Waals surface area (Å²) < 4.78 is 5.47. The van der Waals surface area contributed by atoms with Gasteiger partial charge >= 0.3 is 5.63 Å². The molecule has 0 saturated heterocycles. The van der Waals surface area contributed by atoms with E-state index in [2.05, 4.69) is 18.7 Å². The highest BCUT2D eigenvalue weighted by Crippen LogP contribution is 2.22. The van der Waals surface area contributed by atoms with Crippen LogP contribution in [0, 0.1) is 0 Å². The van der Waals surface area contributed by atoms with Crippen LogP contribution in [0.1, 0.15) is 33.3 Å². The smallest absolute Gasteiger partial charge is 0.343 e. The highest BCUT2D eigenvalue weighted by Gasteiger charge is 2.08. The van der Waals surface area contributed by atoms with Gasteiger partial charge in [0.05, 0.1) is 5.56 Å². The van der Waals surface area contributed by atoms with Crippen LogP contribution in [0.15, 0.2) is 63.4 Å². The van der Waals surface area contributed by atoms with Crippen LogP contribution < -0.4 is 10.5 Å². The van der Waals surface area contributed by atoms with Crippen molar-refractivity contribution in [1.82, 2.24) is 0 Å². The molecule has 0 aliphatic carbocycles. The summed E-state index contributed by atoms with van der Waals surface area (Å²) in [5.41, 5.74) is 2.06. The molecule has 0 aliphatic rings. The Kier molecular flexibility index (Phi) is 6.73. The fourth-order valence-corrected chi connectivity index (χ4v) is 2.78. The van der Waals surface area contributed by atoms with Crippen LogP contribution >= 0.6 is 0 Å². The van der Waals surface area contributed by atoms with Crippen molar-refractivity contribution < 1.29 is 9.21 Å². The minimum Gasteiger partial charge on any atom is -0.422 e. The molecule has 1 aromatic heterocycles. The molecule has 26 heavy (non-hydrogen) atoms. The Labute approximate surface area is 154 Å². The number of fused-ring (bicyclic) bond motifs is 1. The number of allylic oxidation sites excluding steroid dienone is 5. The van der Waals surface area contributed by atoms with Crippen molar-refractivity contribution in [2.75, 3.05) is 18.0 Å². The zero-order valence-electron chi connectivity index (χ0n) is 15.8. The second-order valence-corrected chi connectivity index (χ2v) is 5.83. The summed E-state index contributed by atoms with van der Waals surface area (Å²) in [5, 5.41) is 0.826. The molecule has 0 spiro atoms. The van der Waals surface area contributed by atoms with Crippen LogP contribution in [0.25, 0.3) is 17.0 Å². The SMILES string of the molecule is C/C=C\C(=C/C)C(=O)/C=C/c1cc2ccc(N(CC)CC)cc2oc1=O. The summed E-state index contributed by atoms with van der Waals surface area (Å²) in [6, 6.07) is 7.58. The molecule has 0 unspecified atom stereocenters. The van der Waals surface area contributed by atoms with Gasteiger partial charge in [-0.05, 0) is 58.0 Å². The van der Waals surface area contributed by atoms with Gasteiger partial charge in [0.2, 0.25) is 0 Å². The first-order valence-corrected chi connectivity index (χ1v) is 8.88. The number of carbonyl (C=O) groups excluding carboxylic acids is 1. The summed E-state index contributed by atoms with van der Waals surface area (Å²) in [5.74, 6) is -0.151. The molecule has 0 N–H and O–H groups in total. The van der Waals surface area contributed by atoms with Crippen molar-refractivity contribution in [2.45, 2.75) is 27.7 Å². The molecule has 2 aromatic rings. The van der Waals surface area contributed by atoms with Gasteiger partial charge in [0.1, 0.15) is 5.58 Å². The Morgan fingerprint density at radius 2 is 1.85 bits per heavy atom. The molecule has 1 heterocycles. The summed E-state index contributed by atoms with van der Waals surface area (Å²) in [6.07, 6.45) is 8.20. The predicted octanol–water partition coefficient (Wildman–Crippen LogP) is 4.74. The highest BCUT2D eigenvalue weighted by molar-refractivity contribution is 6.08. The number of rotatable bonds is 7. The molecule has 2 rings (SSSR count). The van der Waals surface area contributed by atoms with Gasteiger partial charge in [-0.25, -0.2) is 4.79 Å². The van der Waals surface area contributed by atoms with Gasteiger partial charge in [0.15, 0.2) is 5.78 Å². The van der Waals surface area contributed by atoms with E-state index < -0.39 is 5.63 Å². The van der Waals surface area contributed by atoms with E-state index in [0.29, 0.717) is 16.7 Å². The van der Waals surface area contributed by atoms with E-state index in [0.717, 1.165) is 24.2 Å². The van der Waals surface area contributed by atoms with Crippen molar-refractivity contribution in [2.24, 2.45) is 0 Å². The van der Waals surface area contributed by atoms with Crippen LogP contribution in [0.3, 0.4) is 0 Å². The molecular weight excluding hydrogens is 326 g/mol. The summed E-state index contributed by atoms with van der Waals surface area (Å²) in [6.45, 7) is 9.59. The van der Waals surface area contributed by atoms with Gasteiger partial charge < -0.3 is 9.32 Å². The number of hydrogen-bond acceptors (Lipinski definition) is 4. The third-order valence-corrected chi connectivity index (χ3v) is 4.23. The van der Waals surface area contributed by atoms with E-state index in [1.807, 2.05) is 25.1 Å². The standard InChI is InChI=1S/C22H25NO3/c1-5-9-16(6-2)20(24)13-11-18-14-17-10-12-19(23(7-3)8-4)15-21(17)26-22(18)25/h5-6,9-15H,7-8H2,1-4H3/b9-5-,13-11+,16-6+. The van der Waals surface area contributed by atoms with Crippen molar-refractivity contribution in [3.63, 3.8) is 0 Å². The Hall–Kier alpha value is -2.88. The van der Waals surface area contributed by atoms with E-state index in [4.69, 9.17) is 4.42 Å². The molecule has 136 valence electrons. The summed E-state index contributed by atoms with van der Waals surface area (Å²) in [7, 11) is 0. The molecule has 4 heteroatoms. The number of hydrogen-bond donors (Lipinski definition) is 0. The van der Waals surface area contributed by atoms with Crippen LogP contribution in [-0.4, -0.2) is 18.9 Å². The Morgan fingerprint density at radius 1 is 1.12 bits per heavy atom. The van der Waals surface area contributed by atoms with Crippen LogP contribution in [-0.2, 0) is 4.79 Å². The van der Waals surface area contributed by atoms with Gasteiger partial charge in [-0.3, -0.25) is 4.79 Å². The quantitative estimate of drug-likeness (QED) is 0.410. The number of anilines is 1. The average molecular weight is 351 g/mol. The molecule has 0 bridgehead atoms. The van der Waals surface area contributed by atoms with Gasteiger partial charge in [-0.2, -0.15) is 0 Å². The monoisotopic (exact) mass is 351 g/mol. The molecule has 0 saturated carbocycles. The minimum atomic E-state index is -0.452. The second kappa shape index (κ2) is 8.99. The predicted molar refractivity (Wildman–Crippen MR) is 109 cm³/mol. The second-order valence-electron chi connectivity index (χ2n) is 5.83. The van der Waals surface area contributed by atoms with E-state index in [1.165, 1.54) is 12.2 Å². The Morgan fingerprint density at radius 3 is 2.46 bits per heavy atom. The number of nitrogens with zero attached hydrogens (tertiary/aromatic N) is 1. The van der Waals surface area contributed by atoms with E-state index in [9.17, 15) is 9.59 Å². The van der Waals surface area contributed by atoms with Crippen molar-refractivity contribution >= 4 is 28.5 Å². The normalized spacial score (nSPS) is 12.4. The summed E-state index contributed by atoms with van der Waals surface area (Å²) in [4.78, 5) is 26.6. The van der Waals surface area contributed by atoms with Crippen LogP contribution in [0.4, 0.5) is 5.69 Å². The lowest BCUT2D eigenvalue weighted by Crippen LogP contribution is -2.21. The lowest BCUT2D eigenvalue weighted by atomic mass is 10.1. The third kappa shape index (κ3) is 4.39. The molecule has 0 amide bonds. The highest BCUT2D eigenvalue weighted by atomic mass is 16.4. The van der Waals surface area contributed by atoms with E-state index >= 15 is 0 Å². The third-order valence-electron chi connectivity index (χ3n) is 4.23. The van der Waals surface area contributed by atoms with E-state index in [-0.39, 0.29) is 5.78 Å². The lowest BCUT2D eigenvalue weighted by Gasteiger charge is -2.20. The molecule has 0 aliphatic heterocycles. The molecule has 0 fully saturated rings. The van der Waals surface area contributed by atoms with E-state index in [1.54, 1.807) is 31.2 Å². The zero-order chi connectivity index (χ0) is 19.1. The molecular formula is C22H25NO3. The van der Waals surface area contributed by atoms with Crippen LogP contribution in [0.5, 0.6) is 0 Å². The average Bonchev–Trinajstić information content (AvgIpc) is 2.65. The van der Waals surface area contributed by atoms with Gasteiger partial charge in [0.25, 0.3) is 0 Å². The maximum absolute atomic E-state index is 12.3. The van der Waals surface area contributed by atoms with Crippen molar-refractivity contribution in [1.29, 1.82) is 0 Å². The first kappa shape index (κ1) is 19.4. The minimum absolute atomic E-state index is 0.151. The molecule has 4 nitrogen and oxygen atoms in total. The van der Waals surface area contributed by atoms with Crippen molar-refractivity contribution in [3.8, 4) is 0 Å². The van der Waals surface area contributed by atoms with Crippen molar-refractivity contribution in [3.05, 3.63) is 70.1 Å². The Bertz CT molecular complexity index is 928. The maximum Gasteiger partial charge on any atom is 0.343 e. The maximum atomic E-state index is 12.3.